The minimum atomic E-state index is -0.549. The largest absolute Gasteiger partial charge is 0.492 e. The van der Waals surface area contributed by atoms with E-state index in [9.17, 15) is 14.0 Å². The third-order valence-electron chi connectivity index (χ3n) is 6.76. The molecular weight excluding hydrogens is 453 g/mol. The number of rotatable bonds is 7. The predicted octanol–water partition coefficient (Wildman–Crippen LogP) is 3.40. The molecule has 1 aliphatic heterocycles. The fraction of sp³-hybridized carbons (Fsp3) is 0.440. The lowest BCUT2D eigenvalue weighted by Gasteiger charge is -2.17. The van der Waals surface area contributed by atoms with E-state index >= 15 is 0 Å². The van der Waals surface area contributed by atoms with E-state index < -0.39 is 5.82 Å². The minimum Gasteiger partial charge on any atom is -0.492 e. The standard InChI is InChI=1S/C25H28FN5O4/c1-4-18(32)31-8-7-14(11-31)30-25(33)16-10-27-22-20(28-12-29-21(16)22)15-9-17(26)23(34-2)24(35-3)19(15)13-5-6-13/h9-10,12-14,27H,4-8,11H2,1-3H3,(H,30,33)/t14-/m1/s1. The van der Waals surface area contributed by atoms with Gasteiger partial charge in [-0.25, -0.2) is 14.4 Å². The van der Waals surface area contributed by atoms with Gasteiger partial charge in [-0.1, -0.05) is 6.92 Å². The van der Waals surface area contributed by atoms with Crippen LogP contribution in [-0.2, 0) is 4.79 Å². The first kappa shape index (κ1) is 23.1. The van der Waals surface area contributed by atoms with E-state index in [1.807, 2.05) is 6.92 Å². The van der Waals surface area contributed by atoms with Crippen LogP contribution in [0.2, 0.25) is 0 Å². The molecule has 2 aromatic heterocycles. The number of carbonyl (C=O) groups excluding carboxylic acids is 2. The number of nitrogens with zero attached hydrogens (tertiary/aromatic N) is 3. The lowest BCUT2D eigenvalue weighted by molar-refractivity contribution is -0.129. The van der Waals surface area contributed by atoms with Gasteiger partial charge < -0.3 is 24.7 Å². The van der Waals surface area contributed by atoms with Crippen LogP contribution in [0.3, 0.4) is 0 Å². The summed E-state index contributed by atoms with van der Waals surface area (Å²) in [6.07, 6.45) is 6.05. The van der Waals surface area contributed by atoms with Crippen molar-refractivity contribution < 1.29 is 23.5 Å². The summed E-state index contributed by atoms with van der Waals surface area (Å²) in [5, 5.41) is 3.01. The highest BCUT2D eigenvalue weighted by atomic mass is 19.1. The maximum atomic E-state index is 15.0. The summed E-state index contributed by atoms with van der Waals surface area (Å²) in [6.45, 7) is 2.96. The topological polar surface area (TPSA) is 109 Å². The van der Waals surface area contributed by atoms with Crippen LogP contribution in [0, 0.1) is 5.82 Å². The number of carbonyl (C=O) groups is 2. The number of aromatic nitrogens is 3. The smallest absolute Gasteiger partial charge is 0.255 e. The maximum absolute atomic E-state index is 15.0. The zero-order valence-electron chi connectivity index (χ0n) is 20.0. The number of fused-ring (bicyclic) bond motifs is 1. The van der Waals surface area contributed by atoms with Crippen molar-refractivity contribution in [3.8, 4) is 22.8 Å². The van der Waals surface area contributed by atoms with Gasteiger partial charge in [-0.15, -0.1) is 0 Å². The lowest BCUT2D eigenvalue weighted by atomic mass is 9.97. The Morgan fingerprint density at radius 3 is 2.66 bits per heavy atom. The normalized spacial score (nSPS) is 17.6. The zero-order valence-corrected chi connectivity index (χ0v) is 20.0. The highest BCUT2D eigenvalue weighted by Gasteiger charge is 2.34. The van der Waals surface area contributed by atoms with Gasteiger partial charge in [0.05, 0.1) is 31.0 Å². The fourth-order valence-electron chi connectivity index (χ4n) is 4.90. The number of halogens is 1. The van der Waals surface area contributed by atoms with Crippen molar-refractivity contribution in [2.75, 3.05) is 27.3 Å². The number of likely N-dealkylation sites (tertiary alicyclic amines) is 1. The zero-order chi connectivity index (χ0) is 24.7. The molecule has 35 heavy (non-hydrogen) atoms. The molecule has 5 rings (SSSR count). The molecule has 10 heteroatoms. The van der Waals surface area contributed by atoms with Crippen molar-refractivity contribution in [1.82, 2.24) is 25.2 Å². The second-order valence-corrected chi connectivity index (χ2v) is 8.96. The molecule has 1 aromatic carbocycles. The third kappa shape index (κ3) is 4.06. The Balaban J connectivity index is 1.50. The van der Waals surface area contributed by atoms with Gasteiger partial charge in [0, 0.05) is 42.9 Å². The van der Waals surface area contributed by atoms with Gasteiger partial charge in [0.2, 0.25) is 5.91 Å². The van der Waals surface area contributed by atoms with Gasteiger partial charge in [0.1, 0.15) is 11.8 Å². The van der Waals surface area contributed by atoms with Gasteiger partial charge in [-0.05, 0) is 31.2 Å². The molecule has 1 saturated heterocycles. The van der Waals surface area contributed by atoms with Crippen molar-refractivity contribution >= 4 is 22.8 Å². The molecule has 0 radical (unpaired) electrons. The van der Waals surface area contributed by atoms with Crippen LogP contribution in [-0.4, -0.2) is 65.0 Å². The molecule has 3 aromatic rings. The molecule has 0 unspecified atom stereocenters. The quantitative estimate of drug-likeness (QED) is 0.535. The number of hydrogen-bond acceptors (Lipinski definition) is 6. The number of amides is 2. The molecule has 1 atom stereocenters. The Hall–Kier alpha value is -3.69. The van der Waals surface area contributed by atoms with Crippen molar-refractivity contribution in [3.05, 3.63) is 35.5 Å². The van der Waals surface area contributed by atoms with E-state index in [1.54, 1.807) is 11.1 Å². The maximum Gasteiger partial charge on any atom is 0.255 e. The Bertz CT molecular complexity index is 1300. The first-order valence-corrected chi connectivity index (χ1v) is 11.8. The summed E-state index contributed by atoms with van der Waals surface area (Å²) in [6, 6.07) is 1.29. The second kappa shape index (κ2) is 9.16. The number of aromatic amines is 1. The van der Waals surface area contributed by atoms with Crippen LogP contribution < -0.4 is 14.8 Å². The second-order valence-electron chi connectivity index (χ2n) is 8.96. The van der Waals surface area contributed by atoms with Crippen LogP contribution in [0.5, 0.6) is 11.5 Å². The van der Waals surface area contributed by atoms with E-state index in [0.29, 0.717) is 59.5 Å². The molecule has 1 aliphatic carbocycles. The first-order chi connectivity index (χ1) is 17.0. The lowest BCUT2D eigenvalue weighted by Crippen LogP contribution is -2.38. The fourth-order valence-corrected chi connectivity index (χ4v) is 4.90. The molecule has 2 N–H and O–H groups in total. The number of nitrogens with one attached hydrogen (secondary N) is 2. The van der Waals surface area contributed by atoms with Gasteiger partial charge >= 0.3 is 0 Å². The number of hydrogen-bond donors (Lipinski definition) is 2. The van der Waals surface area contributed by atoms with Crippen molar-refractivity contribution in [3.63, 3.8) is 0 Å². The van der Waals surface area contributed by atoms with E-state index in [2.05, 4.69) is 20.3 Å². The molecule has 2 amide bonds. The monoisotopic (exact) mass is 481 g/mol. The van der Waals surface area contributed by atoms with Crippen LogP contribution in [0.15, 0.2) is 18.6 Å². The van der Waals surface area contributed by atoms with E-state index in [0.717, 1.165) is 18.4 Å². The van der Waals surface area contributed by atoms with Crippen LogP contribution in [0.1, 0.15) is 54.4 Å². The Kier molecular flexibility index (Phi) is 6.04. The highest BCUT2D eigenvalue weighted by Crippen LogP contribution is 2.52. The molecular formula is C25H28FN5O4. The third-order valence-corrected chi connectivity index (χ3v) is 6.76. The van der Waals surface area contributed by atoms with Gasteiger partial charge in [0.25, 0.3) is 5.91 Å². The SMILES string of the molecule is CCC(=O)N1CC[C@@H](NC(=O)c2c[nH]c3c(-c4cc(F)c(OC)c(OC)c4C4CC4)ncnc23)C1. The number of benzene rings is 1. The molecule has 9 nitrogen and oxygen atoms in total. The van der Waals surface area contributed by atoms with Crippen LogP contribution in [0.4, 0.5) is 4.39 Å². The summed E-state index contributed by atoms with van der Waals surface area (Å²) in [5.74, 6) is -0.0888. The Morgan fingerprint density at radius 2 is 1.97 bits per heavy atom. The molecule has 2 fully saturated rings. The molecule has 0 bridgehead atoms. The predicted molar refractivity (Wildman–Crippen MR) is 127 cm³/mol. The number of ether oxygens (including phenoxy) is 2. The molecule has 184 valence electrons. The summed E-state index contributed by atoms with van der Waals surface area (Å²) >= 11 is 0. The van der Waals surface area contributed by atoms with Crippen LogP contribution in [0.25, 0.3) is 22.3 Å². The van der Waals surface area contributed by atoms with E-state index in [4.69, 9.17) is 9.47 Å². The molecule has 0 spiro atoms. The number of H-pyrrole nitrogens is 1. The summed E-state index contributed by atoms with van der Waals surface area (Å²) in [4.78, 5) is 38.8. The van der Waals surface area contributed by atoms with E-state index in [1.165, 1.54) is 26.6 Å². The van der Waals surface area contributed by atoms with Gasteiger partial charge in [-0.3, -0.25) is 9.59 Å². The van der Waals surface area contributed by atoms with Crippen molar-refractivity contribution in [2.24, 2.45) is 0 Å². The average molecular weight is 482 g/mol. The molecule has 2 aliphatic rings. The van der Waals surface area contributed by atoms with Gasteiger partial charge in [-0.2, -0.15) is 0 Å². The summed E-state index contributed by atoms with van der Waals surface area (Å²) in [7, 11) is 2.91. The summed E-state index contributed by atoms with van der Waals surface area (Å²) < 4.78 is 25.8. The van der Waals surface area contributed by atoms with Gasteiger partial charge in [0.15, 0.2) is 17.3 Å². The Labute approximate surface area is 202 Å². The van der Waals surface area contributed by atoms with Crippen molar-refractivity contribution in [2.45, 2.75) is 44.6 Å². The van der Waals surface area contributed by atoms with Crippen LogP contribution >= 0.6 is 0 Å². The van der Waals surface area contributed by atoms with E-state index in [-0.39, 0.29) is 29.5 Å². The Morgan fingerprint density at radius 1 is 1.20 bits per heavy atom. The summed E-state index contributed by atoms with van der Waals surface area (Å²) in [5.41, 5.74) is 3.30. The highest BCUT2D eigenvalue weighted by molar-refractivity contribution is 6.08. The molecule has 3 heterocycles. The van der Waals surface area contributed by atoms with Crippen molar-refractivity contribution in [1.29, 1.82) is 0 Å². The minimum absolute atomic E-state index is 0.0714. The first-order valence-electron chi connectivity index (χ1n) is 11.8. The number of methoxy groups -OCH3 is 2. The average Bonchev–Trinajstić information content (AvgIpc) is 3.43. The molecule has 1 saturated carbocycles.